The van der Waals surface area contributed by atoms with Crippen molar-refractivity contribution in [2.75, 3.05) is 32.8 Å². The molecule has 0 radical (unpaired) electrons. The average molecular weight is 318 g/mol. The molecule has 0 bridgehead atoms. The van der Waals surface area contributed by atoms with Crippen molar-refractivity contribution in [3.8, 4) is 0 Å². The quantitative estimate of drug-likeness (QED) is 0.764. The van der Waals surface area contributed by atoms with Crippen LogP contribution in [0.25, 0.3) is 0 Å². The third-order valence-corrected chi connectivity index (χ3v) is 3.58. The first-order valence-corrected chi connectivity index (χ1v) is 6.65. The minimum atomic E-state index is -0.281. The second kappa shape index (κ2) is 5.81. The highest BCUT2D eigenvalue weighted by Gasteiger charge is 2.12. The first kappa shape index (κ1) is 13.5. The Balaban J connectivity index is 2.13. The van der Waals surface area contributed by atoms with Crippen molar-refractivity contribution in [1.29, 1.82) is 0 Å². The summed E-state index contributed by atoms with van der Waals surface area (Å²) in [6, 6.07) is 0. The van der Waals surface area contributed by atoms with Gasteiger partial charge in [0, 0.05) is 39.4 Å². The molecule has 0 unspecified atom stereocenters. The number of ether oxygens (including phenoxy) is 1. The minimum Gasteiger partial charge on any atom is -0.379 e. The Morgan fingerprint density at radius 3 is 2.61 bits per heavy atom. The number of nitrogens with zero attached hydrogens (tertiary/aromatic N) is 3. The van der Waals surface area contributed by atoms with Crippen LogP contribution in [-0.2, 0) is 18.3 Å². The van der Waals surface area contributed by atoms with Gasteiger partial charge in [0.1, 0.15) is 0 Å². The second-order valence-corrected chi connectivity index (χ2v) is 5.14. The molecule has 1 aliphatic heterocycles. The number of halogens is 1. The van der Waals surface area contributed by atoms with Crippen molar-refractivity contribution >= 4 is 15.9 Å². The summed E-state index contributed by atoms with van der Waals surface area (Å²) >= 11 is 3.17. The van der Waals surface area contributed by atoms with Gasteiger partial charge in [-0.2, -0.15) is 0 Å². The van der Waals surface area contributed by atoms with E-state index in [0.29, 0.717) is 30.8 Å². The molecule has 0 saturated carbocycles. The fraction of sp³-hybridized carbons (Fsp3) is 0.636. The standard InChI is InChI=1S/C11H16BrN3O3/c1-13-8-9(12)10(16)15(11(13)17)3-2-14-4-6-18-7-5-14/h8H,2-7H2,1H3. The summed E-state index contributed by atoms with van der Waals surface area (Å²) in [6.07, 6.45) is 1.50. The lowest BCUT2D eigenvalue weighted by atomic mass is 10.4. The lowest BCUT2D eigenvalue weighted by molar-refractivity contribution is 0.0361. The van der Waals surface area contributed by atoms with E-state index in [0.717, 1.165) is 13.1 Å². The zero-order chi connectivity index (χ0) is 13.1. The van der Waals surface area contributed by atoms with Crippen LogP contribution in [0.1, 0.15) is 0 Å². The maximum absolute atomic E-state index is 11.9. The number of rotatable bonds is 3. The van der Waals surface area contributed by atoms with E-state index < -0.39 is 0 Å². The Morgan fingerprint density at radius 2 is 1.94 bits per heavy atom. The molecular formula is C11H16BrN3O3. The molecule has 0 amide bonds. The van der Waals surface area contributed by atoms with Gasteiger partial charge in [-0.25, -0.2) is 4.79 Å². The number of hydrogen-bond acceptors (Lipinski definition) is 4. The molecule has 1 aliphatic rings. The third kappa shape index (κ3) is 2.90. The molecule has 1 aromatic rings. The molecular weight excluding hydrogens is 302 g/mol. The zero-order valence-electron chi connectivity index (χ0n) is 10.3. The van der Waals surface area contributed by atoms with E-state index in [1.807, 2.05) is 0 Å². The van der Waals surface area contributed by atoms with Crippen molar-refractivity contribution in [3.05, 3.63) is 31.5 Å². The van der Waals surface area contributed by atoms with Gasteiger partial charge in [0.15, 0.2) is 0 Å². The molecule has 0 aromatic carbocycles. The van der Waals surface area contributed by atoms with Crippen LogP contribution in [0.5, 0.6) is 0 Å². The predicted octanol–water partition coefficient (Wildman–Crippen LogP) is -0.358. The Hall–Kier alpha value is -0.920. The molecule has 100 valence electrons. The summed E-state index contributed by atoms with van der Waals surface area (Å²) in [5.74, 6) is 0. The normalized spacial score (nSPS) is 17.0. The van der Waals surface area contributed by atoms with Crippen LogP contribution < -0.4 is 11.2 Å². The molecule has 0 aliphatic carbocycles. The first-order valence-electron chi connectivity index (χ1n) is 5.85. The van der Waals surface area contributed by atoms with Crippen molar-refractivity contribution in [1.82, 2.24) is 14.0 Å². The zero-order valence-corrected chi connectivity index (χ0v) is 11.9. The van der Waals surface area contributed by atoms with Crippen LogP contribution in [0.4, 0.5) is 0 Å². The maximum Gasteiger partial charge on any atom is 0.330 e. The van der Waals surface area contributed by atoms with E-state index in [1.165, 1.54) is 15.3 Å². The van der Waals surface area contributed by atoms with Crippen molar-refractivity contribution in [2.45, 2.75) is 6.54 Å². The van der Waals surface area contributed by atoms with E-state index in [4.69, 9.17) is 4.74 Å². The Labute approximate surface area is 113 Å². The summed E-state index contributed by atoms with van der Waals surface area (Å²) in [6.45, 7) is 4.23. The van der Waals surface area contributed by atoms with Gasteiger partial charge in [0.2, 0.25) is 0 Å². The number of morpholine rings is 1. The highest BCUT2D eigenvalue weighted by Crippen LogP contribution is 1.99. The molecule has 0 spiro atoms. The SMILES string of the molecule is Cn1cc(Br)c(=O)n(CCN2CCOCC2)c1=O. The minimum absolute atomic E-state index is 0.272. The molecule has 1 saturated heterocycles. The van der Waals surface area contributed by atoms with Crippen LogP contribution in [0.2, 0.25) is 0 Å². The topological polar surface area (TPSA) is 56.5 Å². The summed E-state index contributed by atoms with van der Waals surface area (Å²) in [5, 5.41) is 0. The lowest BCUT2D eigenvalue weighted by Gasteiger charge is -2.26. The smallest absolute Gasteiger partial charge is 0.330 e. The Bertz CT molecular complexity index is 497. The van der Waals surface area contributed by atoms with Crippen molar-refractivity contribution in [2.24, 2.45) is 7.05 Å². The highest BCUT2D eigenvalue weighted by atomic mass is 79.9. The number of aryl methyl sites for hydroxylation is 1. The summed E-state index contributed by atoms with van der Waals surface area (Å²) < 4.78 is 8.33. The molecule has 18 heavy (non-hydrogen) atoms. The summed E-state index contributed by atoms with van der Waals surface area (Å²) in [7, 11) is 1.64. The van der Waals surface area contributed by atoms with Crippen LogP contribution in [0.15, 0.2) is 20.3 Å². The van der Waals surface area contributed by atoms with Gasteiger partial charge in [0.05, 0.1) is 17.7 Å². The van der Waals surface area contributed by atoms with E-state index in [-0.39, 0.29) is 11.2 Å². The predicted molar refractivity (Wildman–Crippen MR) is 70.9 cm³/mol. The largest absolute Gasteiger partial charge is 0.379 e. The monoisotopic (exact) mass is 317 g/mol. The molecule has 2 heterocycles. The van der Waals surface area contributed by atoms with Gasteiger partial charge in [0.25, 0.3) is 5.56 Å². The summed E-state index contributed by atoms with van der Waals surface area (Å²) in [4.78, 5) is 25.9. The van der Waals surface area contributed by atoms with E-state index >= 15 is 0 Å². The Morgan fingerprint density at radius 1 is 1.28 bits per heavy atom. The van der Waals surface area contributed by atoms with Gasteiger partial charge in [-0.3, -0.25) is 14.3 Å². The van der Waals surface area contributed by atoms with Gasteiger partial charge in [-0.15, -0.1) is 0 Å². The van der Waals surface area contributed by atoms with E-state index in [1.54, 1.807) is 7.05 Å². The fourth-order valence-electron chi connectivity index (χ4n) is 1.95. The molecule has 0 atom stereocenters. The maximum atomic E-state index is 11.9. The number of hydrogen-bond donors (Lipinski definition) is 0. The van der Waals surface area contributed by atoms with Gasteiger partial charge in [-0.1, -0.05) is 0 Å². The fourth-order valence-corrected chi connectivity index (χ4v) is 2.47. The van der Waals surface area contributed by atoms with Gasteiger partial charge >= 0.3 is 5.69 Å². The van der Waals surface area contributed by atoms with Gasteiger partial charge < -0.3 is 9.30 Å². The molecule has 6 nitrogen and oxygen atoms in total. The molecule has 1 fully saturated rings. The third-order valence-electron chi connectivity index (χ3n) is 3.03. The van der Waals surface area contributed by atoms with Crippen LogP contribution >= 0.6 is 15.9 Å². The van der Waals surface area contributed by atoms with Crippen LogP contribution in [-0.4, -0.2) is 46.9 Å². The summed E-state index contributed by atoms with van der Waals surface area (Å²) in [5.41, 5.74) is -0.553. The Kier molecular flexibility index (Phi) is 4.36. The van der Waals surface area contributed by atoms with Gasteiger partial charge in [-0.05, 0) is 15.9 Å². The first-order chi connectivity index (χ1) is 8.59. The van der Waals surface area contributed by atoms with E-state index in [2.05, 4.69) is 20.8 Å². The highest BCUT2D eigenvalue weighted by molar-refractivity contribution is 9.10. The molecule has 0 N–H and O–H groups in total. The lowest BCUT2D eigenvalue weighted by Crippen LogP contribution is -2.44. The van der Waals surface area contributed by atoms with Crippen molar-refractivity contribution in [3.63, 3.8) is 0 Å². The van der Waals surface area contributed by atoms with Crippen molar-refractivity contribution < 1.29 is 4.74 Å². The second-order valence-electron chi connectivity index (χ2n) is 4.28. The average Bonchev–Trinajstić information content (AvgIpc) is 2.38. The molecule has 7 heteroatoms. The molecule has 2 rings (SSSR count). The number of aromatic nitrogens is 2. The van der Waals surface area contributed by atoms with Crippen LogP contribution in [0, 0.1) is 0 Å². The molecule has 1 aromatic heterocycles. The van der Waals surface area contributed by atoms with E-state index in [9.17, 15) is 9.59 Å². The van der Waals surface area contributed by atoms with Crippen LogP contribution in [0.3, 0.4) is 0 Å².